The average molecular weight is 443 g/mol. The molecular formula is C20H25N7O5. The molecule has 0 N–H and O–H groups in total. The summed E-state index contributed by atoms with van der Waals surface area (Å²) in [6, 6.07) is 3.28. The zero-order valence-electron chi connectivity index (χ0n) is 17.8. The van der Waals surface area contributed by atoms with Crippen LogP contribution in [0.1, 0.15) is 23.9 Å². The monoisotopic (exact) mass is 443 g/mol. The second-order valence-corrected chi connectivity index (χ2v) is 7.73. The van der Waals surface area contributed by atoms with E-state index >= 15 is 0 Å². The molecule has 2 saturated heterocycles. The molecule has 0 spiro atoms. The Bertz CT molecular complexity index is 988. The van der Waals surface area contributed by atoms with Gasteiger partial charge in [0.25, 0.3) is 5.91 Å². The van der Waals surface area contributed by atoms with Crippen molar-refractivity contribution in [1.29, 1.82) is 0 Å². The molecule has 0 radical (unpaired) electrons. The number of hydrogen-bond donors (Lipinski definition) is 0. The largest absolute Gasteiger partial charge is 0.459 e. The van der Waals surface area contributed by atoms with Crippen LogP contribution >= 0.6 is 0 Å². The van der Waals surface area contributed by atoms with E-state index in [4.69, 9.17) is 4.42 Å². The number of anilines is 2. The van der Waals surface area contributed by atoms with E-state index in [-0.39, 0.29) is 34.9 Å². The lowest BCUT2D eigenvalue weighted by Gasteiger charge is -2.35. The molecule has 0 bridgehead atoms. The predicted molar refractivity (Wildman–Crippen MR) is 115 cm³/mol. The third kappa shape index (κ3) is 4.34. The minimum atomic E-state index is -0.446. The summed E-state index contributed by atoms with van der Waals surface area (Å²) < 4.78 is 5.18. The van der Waals surface area contributed by atoms with Crippen molar-refractivity contribution in [3.8, 4) is 0 Å². The Hall–Kier alpha value is -3.70. The molecule has 4 heterocycles. The molecule has 2 aliphatic heterocycles. The number of rotatable bonds is 4. The van der Waals surface area contributed by atoms with Crippen molar-refractivity contribution >= 4 is 29.1 Å². The van der Waals surface area contributed by atoms with Crippen LogP contribution in [-0.4, -0.2) is 88.9 Å². The first-order chi connectivity index (χ1) is 15.5. The standard InChI is InChI=1S/C20H25N7O5/c1-15(28)23-5-3-6-24(8-7-23)18-17(27(30)31)19(22-14-21-18)25-9-11-26(12-10-25)20(29)16-4-2-13-32-16/h2,4,13-14H,3,5-12H2,1H3. The van der Waals surface area contributed by atoms with Crippen LogP contribution in [0.15, 0.2) is 29.1 Å². The Kier molecular flexibility index (Phi) is 6.19. The van der Waals surface area contributed by atoms with Crippen LogP contribution < -0.4 is 9.80 Å². The number of carbonyl (C=O) groups is 2. The molecule has 2 aromatic rings. The third-order valence-electron chi connectivity index (χ3n) is 5.81. The number of hydrogen-bond acceptors (Lipinski definition) is 9. The highest BCUT2D eigenvalue weighted by Crippen LogP contribution is 2.35. The Morgan fingerprint density at radius 3 is 2.16 bits per heavy atom. The minimum Gasteiger partial charge on any atom is -0.459 e. The van der Waals surface area contributed by atoms with Gasteiger partial charge in [0.05, 0.1) is 11.2 Å². The summed E-state index contributed by atoms with van der Waals surface area (Å²) in [6.07, 6.45) is 3.49. The number of nitrogens with zero attached hydrogens (tertiary/aromatic N) is 7. The maximum absolute atomic E-state index is 12.5. The van der Waals surface area contributed by atoms with Crippen molar-refractivity contribution in [2.75, 3.05) is 62.2 Å². The minimum absolute atomic E-state index is 0.00769. The normalized spacial score (nSPS) is 17.3. The fourth-order valence-corrected chi connectivity index (χ4v) is 4.11. The quantitative estimate of drug-likeness (QED) is 0.502. The SMILES string of the molecule is CC(=O)N1CCCN(c2ncnc(N3CCN(C(=O)c4ccco4)CC3)c2[N+](=O)[O-])CC1. The summed E-state index contributed by atoms with van der Waals surface area (Å²) in [5, 5.41) is 12.0. The van der Waals surface area contributed by atoms with Gasteiger partial charge in [0, 0.05) is 59.3 Å². The van der Waals surface area contributed by atoms with E-state index in [1.54, 1.807) is 21.9 Å². The van der Waals surface area contributed by atoms with Crippen molar-refractivity contribution < 1.29 is 18.9 Å². The second kappa shape index (κ2) is 9.20. The van der Waals surface area contributed by atoms with Crippen LogP contribution in [0.25, 0.3) is 0 Å². The molecule has 0 aromatic carbocycles. The summed E-state index contributed by atoms with van der Waals surface area (Å²) in [5.41, 5.74) is -0.144. The number of furan rings is 1. The molecule has 2 aromatic heterocycles. The van der Waals surface area contributed by atoms with Gasteiger partial charge in [0.15, 0.2) is 5.76 Å². The van der Waals surface area contributed by atoms with Gasteiger partial charge < -0.3 is 24.0 Å². The first-order valence-electron chi connectivity index (χ1n) is 10.5. The molecule has 2 fully saturated rings. The van der Waals surface area contributed by atoms with E-state index in [0.29, 0.717) is 58.8 Å². The van der Waals surface area contributed by atoms with Gasteiger partial charge in [-0.25, -0.2) is 9.97 Å². The average Bonchev–Trinajstić information content (AvgIpc) is 3.22. The van der Waals surface area contributed by atoms with Crippen molar-refractivity contribution in [3.05, 3.63) is 40.6 Å². The van der Waals surface area contributed by atoms with Crippen molar-refractivity contribution in [3.63, 3.8) is 0 Å². The van der Waals surface area contributed by atoms with Crippen LogP contribution in [-0.2, 0) is 4.79 Å². The highest BCUT2D eigenvalue weighted by Gasteiger charge is 2.33. The van der Waals surface area contributed by atoms with E-state index in [2.05, 4.69) is 9.97 Å². The van der Waals surface area contributed by atoms with Crippen LogP contribution in [0.4, 0.5) is 17.3 Å². The summed E-state index contributed by atoms with van der Waals surface area (Å²) in [6.45, 7) is 5.25. The maximum Gasteiger partial charge on any atom is 0.353 e. The first-order valence-corrected chi connectivity index (χ1v) is 10.5. The predicted octanol–water partition coefficient (Wildman–Crippen LogP) is 0.999. The number of carbonyl (C=O) groups excluding carboxylic acids is 2. The molecule has 170 valence electrons. The molecule has 12 heteroatoms. The number of amides is 2. The van der Waals surface area contributed by atoms with Gasteiger partial charge in [-0.05, 0) is 18.6 Å². The molecule has 0 unspecified atom stereocenters. The van der Waals surface area contributed by atoms with Gasteiger partial charge in [-0.3, -0.25) is 19.7 Å². The van der Waals surface area contributed by atoms with E-state index in [9.17, 15) is 19.7 Å². The Labute approximate surface area is 184 Å². The summed E-state index contributed by atoms with van der Waals surface area (Å²) in [4.78, 5) is 51.3. The lowest BCUT2D eigenvalue weighted by molar-refractivity contribution is -0.383. The van der Waals surface area contributed by atoms with E-state index < -0.39 is 4.92 Å². The first kappa shape index (κ1) is 21.5. The lowest BCUT2D eigenvalue weighted by atomic mass is 10.2. The molecule has 0 saturated carbocycles. The van der Waals surface area contributed by atoms with E-state index in [1.807, 2.05) is 9.80 Å². The smallest absolute Gasteiger partial charge is 0.353 e. The van der Waals surface area contributed by atoms with E-state index in [1.165, 1.54) is 19.5 Å². The van der Waals surface area contributed by atoms with Gasteiger partial charge in [-0.2, -0.15) is 0 Å². The number of aromatic nitrogens is 2. The fraction of sp³-hybridized carbons (Fsp3) is 0.500. The maximum atomic E-state index is 12.5. The number of nitro groups is 1. The highest BCUT2D eigenvalue weighted by atomic mass is 16.6. The van der Waals surface area contributed by atoms with Crippen molar-refractivity contribution in [2.45, 2.75) is 13.3 Å². The topological polar surface area (TPSA) is 129 Å². The van der Waals surface area contributed by atoms with E-state index in [0.717, 1.165) is 0 Å². The van der Waals surface area contributed by atoms with Gasteiger partial charge in [-0.15, -0.1) is 0 Å². The van der Waals surface area contributed by atoms with Crippen LogP contribution in [0.2, 0.25) is 0 Å². The van der Waals surface area contributed by atoms with Crippen LogP contribution in [0, 0.1) is 10.1 Å². The summed E-state index contributed by atoms with van der Waals surface area (Å²) in [5.74, 6) is 0.575. The van der Waals surface area contributed by atoms with Gasteiger partial charge in [0.1, 0.15) is 6.33 Å². The second-order valence-electron chi connectivity index (χ2n) is 7.73. The summed E-state index contributed by atoms with van der Waals surface area (Å²) in [7, 11) is 0. The Balaban J connectivity index is 1.52. The van der Waals surface area contributed by atoms with Crippen molar-refractivity contribution in [1.82, 2.24) is 19.8 Å². The van der Waals surface area contributed by atoms with Gasteiger partial charge in [0.2, 0.25) is 17.5 Å². The van der Waals surface area contributed by atoms with Gasteiger partial charge in [-0.1, -0.05) is 0 Å². The molecular weight excluding hydrogens is 418 g/mol. The highest BCUT2D eigenvalue weighted by molar-refractivity contribution is 5.91. The van der Waals surface area contributed by atoms with Gasteiger partial charge >= 0.3 is 5.69 Å². The van der Waals surface area contributed by atoms with Crippen LogP contribution in [0.3, 0.4) is 0 Å². The Morgan fingerprint density at radius 1 is 0.969 bits per heavy atom. The molecule has 2 aliphatic rings. The molecule has 0 aliphatic carbocycles. The van der Waals surface area contributed by atoms with Crippen LogP contribution in [0.5, 0.6) is 0 Å². The third-order valence-corrected chi connectivity index (χ3v) is 5.81. The summed E-state index contributed by atoms with van der Waals surface area (Å²) >= 11 is 0. The molecule has 4 rings (SSSR count). The molecule has 32 heavy (non-hydrogen) atoms. The van der Waals surface area contributed by atoms with Crippen molar-refractivity contribution in [2.24, 2.45) is 0 Å². The molecule has 0 atom stereocenters. The zero-order chi connectivity index (χ0) is 22.7. The zero-order valence-corrected chi connectivity index (χ0v) is 17.8. The fourth-order valence-electron chi connectivity index (χ4n) is 4.11. The molecule has 2 amide bonds. The molecule has 12 nitrogen and oxygen atoms in total. The lowest BCUT2D eigenvalue weighted by Crippen LogP contribution is -2.49. The Morgan fingerprint density at radius 2 is 1.59 bits per heavy atom. The number of piperazine rings is 1.